The molecule has 0 saturated heterocycles. The van der Waals surface area contributed by atoms with E-state index in [1.165, 1.54) is 24.8 Å². The molecule has 0 atom stereocenters. The Labute approximate surface area is 138 Å². The monoisotopic (exact) mass is 285 g/mol. The minimum Gasteiger partial charge on any atom is -0.412 e. The smallest absolute Gasteiger partial charge is 0.412 e. The molecule has 8 nitrogen and oxygen atoms in total. The minimum atomic E-state index is -4.78. The van der Waals surface area contributed by atoms with E-state index in [4.69, 9.17) is 26.3 Å². The Morgan fingerprint density at radius 3 is 0.750 bits per heavy atom. The van der Waals surface area contributed by atoms with Crippen molar-refractivity contribution in [2.24, 2.45) is 0 Å². The summed E-state index contributed by atoms with van der Waals surface area (Å²) in [6.07, 6.45) is 0. The zero-order valence-corrected chi connectivity index (χ0v) is 14.4. The van der Waals surface area contributed by atoms with Crippen molar-refractivity contribution < 1.29 is 76.4 Å². The van der Waals surface area contributed by atoms with Crippen LogP contribution in [0.2, 0.25) is 0 Å². The summed E-state index contributed by atoms with van der Waals surface area (Å²) in [5, 5.41) is 41.8. The van der Waals surface area contributed by atoms with Gasteiger partial charge in [-0.3, -0.25) is 0 Å². The number of hydrogen-bond acceptors (Lipinski definition) is 6. The molecule has 0 aliphatic carbocycles. The first-order valence-corrected chi connectivity index (χ1v) is 4.76. The predicted molar refractivity (Wildman–Crippen MR) is 42.7 cm³/mol. The van der Waals surface area contributed by atoms with Crippen LogP contribution in [0.4, 0.5) is 0 Å². The summed E-state index contributed by atoms with van der Waals surface area (Å²) in [6.45, 7) is 0. The first kappa shape index (κ1) is 36.0. The minimum absolute atomic E-state index is 0. The first-order valence-electron chi connectivity index (χ1n) is 2.00. The molecule has 0 aromatic carbocycles. The Bertz CT molecular complexity index is 306. The number of nitriles is 5. The van der Waals surface area contributed by atoms with Crippen molar-refractivity contribution in [3.63, 3.8) is 0 Å². The van der Waals surface area contributed by atoms with Crippen LogP contribution < -0.4 is 71.4 Å². The zero-order valence-electron chi connectivity index (χ0n) is 9.30. The van der Waals surface area contributed by atoms with E-state index in [1.807, 2.05) is 0 Å². The van der Waals surface area contributed by atoms with Gasteiger partial charge < -0.3 is 17.8 Å². The first-order chi connectivity index (χ1) is 5.12. The average molecular weight is 285 g/mol. The molecule has 9 N–H and O–H groups in total. The summed E-state index contributed by atoms with van der Waals surface area (Å²) in [7, 11) is 0. The molecule has 11 heteroatoms. The molecule has 0 unspecified atom stereocenters. The number of hydrogen-bond donors (Lipinski definition) is 2. The number of rotatable bonds is 0. The van der Waals surface area contributed by atoms with Gasteiger partial charge >= 0.3 is 122 Å². The summed E-state index contributed by atoms with van der Waals surface area (Å²) in [5.41, 5.74) is 0. The van der Waals surface area contributed by atoms with Crippen LogP contribution in [0, 0.1) is 51.1 Å². The number of quaternary nitrogens is 1. The third-order valence-electron chi connectivity index (χ3n) is 0.791. The molecule has 0 saturated carbocycles. The van der Waals surface area contributed by atoms with Crippen LogP contribution in [-0.4, -0.2) is 5.48 Å². The summed E-state index contributed by atoms with van der Waals surface area (Å²) >= 11 is -4.78. The van der Waals surface area contributed by atoms with E-state index < -0.39 is 11.8 Å². The second-order valence-corrected chi connectivity index (χ2v) is 5.27. The van der Waals surface area contributed by atoms with Crippen LogP contribution in [0.15, 0.2) is 0 Å². The van der Waals surface area contributed by atoms with Crippen molar-refractivity contribution in [1.82, 2.24) is 12.3 Å². The van der Waals surface area contributed by atoms with Gasteiger partial charge in [0.25, 0.3) is 0 Å². The van der Waals surface area contributed by atoms with Crippen molar-refractivity contribution in [2.75, 3.05) is 0 Å². The zero-order chi connectivity index (χ0) is 8.98. The third-order valence-corrected chi connectivity index (χ3v) is 3.26. The molecule has 0 radical (unpaired) electrons. The Morgan fingerprint density at radius 2 is 0.750 bits per heavy atom. The van der Waals surface area contributed by atoms with Crippen molar-refractivity contribution >= 4 is 0 Å². The molecule has 0 fully saturated rings. The maximum absolute atomic E-state index is 8.35. The van der Waals surface area contributed by atoms with Gasteiger partial charge in [0.2, 0.25) is 0 Å². The van der Waals surface area contributed by atoms with Crippen LogP contribution in [0.25, 0.3) is 0 Å². The average Bonchev–Trinajstić information content (AvgIpc) is 2.12. The maximum Gasteiger partial charge on any atom is 1.00 e. The Morgan fingerprint density at radius 1 is 0.625 bits per heavy atom. The fraction of sp³-hybridized carbons (Fsp3) is 0. The van der Waals surface area contributed by atoms with Crippen LogP contribution in [0.1, 0.15) is 0 Å². The number of nitrogens with zero attached hydrogens (tertiary/aromatic N) is 5. The third kappa shape index (κ3) is 5.80. The van der Waals surface area contributed by atoms with Gasteiger partial charge in [-0.05, 0) is 0 Å². The van der Waals surface area contributed by atoms with Gasteiger partial charge in [0, 0.05) is 0 Å². The molecule has 0 aliphatic rings. The summed E-state index contributed by atoms with van der Waals surface area (Å²) < 4.78 is 0. The van der Waals surface area contributed by atoms with E-state index in [0.717, 1.165) is 0 Å². The van der Waals surface area contributed by atoms with Gasteiger partial charge in [-0.15, -0.1) is 0 Å². The normalized spacial score (nSPS) is 7.81. The van der Waals surface area contributed by atoms with Gasteiger partial charge in [-0.1, -0.05) is 0 Å². The van der Waals surface area contributed by atoms with Gasteiger partial charge in [0.15, 0.2) is 0 Å². The van der Waals surface area contributed by atoms with Gasteiger partial charge in [-0.2, -0.15) is 0 Å². The fourth-order valence-corrected chi connectivity index (χ4v) is 0.729. The molecule has 0 bridgehead atoms. The van der Waals surface area contributed by atoms with Crippen molar-refractivity contribution in [2.45, 2.75) is 0 Å². The van der Waals surface area contributed by atoms with E-state index in [0.29, 0.717) is 0 Å². The Hall–Kier alpha value is -0.151. The summed E-state index contributed by atoms with van der Waals surface area (Å²) in [4.78, 5) is 6.12. The van der Waals surface area contributed by atoms with Crippen LogP contribution in [0.5, 0.6) is 0 Å². The molecule has 0 aromatic rings. The van der Waals surface area contributed by atoms with Crippen molar-refractivity contribution in [3.05, 3.63) is 0 Å². The van der Waals surface area contributed by atoms with E-state index in [1.54, 1.807) is 0 Å². The molecule has 80 valence electrons. The standard InChI is InChI=1S/5CN.Fe.2H3N.2Na.H2O/c5*1-2;;;;;;/h;;;;;;2*1H3;;;1H2/q;;;;;-3;;;2*+1;/p+1. The summed E-state index contributed by atoms with van der Waals surface area (Å²) in [6, 6.07) is 0. The molecule has 0 aliphatic heterocycles. The van der Waals surface area contributed by atoms with Crippen molar-refractivity contribution in [1.29, 1.82) is 26.3 Å². The molecular weight excluding hydrogens is 276 g/mol. The summed E-state index contributed by atoms with van der Waals surface area (Å²) in [5.74, 6) is 0. The Balaban J connectivity index is -0.0000000500. The van der Waals surface area contributed by atoms with E-state index in [9.17, 15) is 0 Å². The molecule has 0 spiro atoms. The quantitative estimate of drug-likeness (QED) is 0.411. The topological polar surface area (TPSA) is 222 Å². The van der Waals surface area contributed by atoms with Crippen LogP contribution >= 0.6 is 0 Å². The van der Waals surface area contributed by atoms with Crippen LogP contribution in [-0.2, 0) is 11.8 Å². The molecular formula is C5H9FeN7Na2O. The van der Waals surface area contributed by atoms with Gasteiger partial charge in [0.05, 0.1) is 0 Å². The van der Waals surface area contributed by atoms with E-state index >= 15 is 0 Å². The molecule has 0 rings (SSSR count). The predicted octanol–water partition coefficient (Wildman–Crippen LogP) is -6.20. The fourth-order valence-electron chi connectivity index (χ4n) is 0.177. The SMILES string of the molecule is N.N#[C][Fe-3]([C]#N)([C]#N)([C]#N)[C]#N.O.[NH4+].[Na+].[Na+]. The van der Waals surface area contributed by atoms with Gasteiger partial charge in [-0.25, -0.2) is 0 Å². The van der Waals surface area contributed by atoms with Gasteiger partial charge in [0.1, 0.15) is 0 Å². The Kier molecular flexibility index (Phi) is 29.1. The maximum atomic E-state index is 8.35. The second kappa shape index (κ2) is 12.9. The largest absolute Gasteiger partial charge is 1.00 e. The molecule has 0 aromatic heterocycles. The van der Waals surface area contributed by atoms with E-state index in [-0.39, 0.29) is 76.9 Å². The van der Waals surface area contributed by atoms with E-state index in [2.05, 4.69) is 0 Å². The van der Waals surface area contributed by atoms with Crippen LogP contribution in [0.3, 0.4) is 0 Å². The molecule has 16 heavy (non-hydrogen) atoms. The molecule has 0 heterocycles. The second-order valence-electron chi connectivity index (χ2n) is 1.28. The van der Waals surface area contributed by atoms with Crippen molar-refractivity contribution in [3.8, 4) is 24.8 Å². The molecule has 0 amide bonds.